The van der Waals surface area contributed by atoms with Gasteiger partial charge in [0.25, 0.3) is 0 Å². The number of nitrogens with one attached hydrogen (secondary N) is 2. The minimum atomic E-state index is -0.375. The van der Waals surface area contributed by atoms with Crippen LogP contribution in [0.1, 0.15) is 24.4 Å². The molecule has 0 radical (unpaired) electrons. The van der Waals surface area contributed by atoms with Crippen molar-refractivity contribution in [3.63, 3.8) is 0 Å². The quantitative estimate of drug-likeness (QED) is 0.713. The van der Waals surface area contributed by atoms with Crippen molar-refractivity contribution in [3.8, 4) is 0 Å². The Bertz CT molecular complexity index is 405. The Morgan fingerprint density at radius 3 is 2.70 bits per heavy atom. The van der Waals surface area contributed by atoms with E-state index in [0.29, 0.717) is 0 Å². The normalized spacial score (nSPS) is 17.6. The van der Waals surface area contributed by atoms with Gasteiger partial charge in [-0.15, -0.1) is 0 Å². The zero-order valence-electron chi connectivity index (χ0n) is 11.5. The predicted octanol–water partition coefficient (Wildman–Crippen LogP) is 0.605. The summed E-state index contributed by atoms with van der Waals surface area (Å²) in [7, 11) is 0. The lowest BCUT2D eigenvalue weighted by atomic mass is 10.1. The van der Waals surface area contributed by atoms with Gasteiger partial charge in [0.05, 0.1) is 18.8 Å². The van der Waals surface area contributed by atoms with E-state index in [9.17, 15) is 9.90 Å². The standard InChI is InChI=1S/C15H22N2O3/c18-10-14(12-4-2-1-3-5-12)17-15(19)11-20-13-6-8-16-9-7-13/h1-5,13-14,16,18H,6-11H2,(H,17,19)/t14-/m1/s1. The van der Waals surface area contributed by atoms with Gasteiger partial charge in [0.1, 0.15) is 6.61 Å². The second-order valence-electron chi connectivity index (χ2n) is 4.97. The van der Waals surface area contributed by atoms with E-state index in [4.69, 9.17) is 4.74 Å². The number of piperidine rings is 1. The molecule has 1 aliphatic heterocycles. The van der Waals surface area contributed by atoms with E-state index < -0.39 is 0 Å². The number of carbonyl (C=O) groups is 1. The molecule has 1 heterocycles. The minimum absolute atomic E-state index is 0.0496. The molecule has 3 N–H and O–H groups in total. The summed E-state index contributed by atoms with van der Waals surface area (Å²) >= 11 is 0. The monoisotopic (exact) mass is 278 g/mol. The molecule has 0 spiro atoms. The lowest BCUT2D eigenvalue weighted by molar-refractivity contribution is -0.129. The number of aliphatic hydroxyl groups excluding tert-OH is 1. The third kappa shape index (κ3) is 4.59. The molecule has 1 aliphatic rings. The minimum Gasteiger partial charge on any atom is -0.394 e. The number of hydrogen-bond donors (Lipinski definition) is 3. The van der Waals surface area contributed by atoms with Gasteiger partial charge >= 0.3 is 0 Å². The average Bonchev–Trinajstić information content (AvgIpc) is 2.52. The SMILES string of the molecule is O=C(COC1CCNCC1)N[C@H](CO)c1ccccc1. The van der Waals surface area contributed by atoms with Gasteiger partial charge in [0.2, 0.25) is 5.91 Å². The smallest absolute Gasteiger partial charge is 0.246 e. The molecular formula is C15H22N2O3. The Balaban J connectivity index is 1.77. The van der Waals surface area contributed by atoms with Crippen molar-refractivity contribution in [2.45, 2.75) is 25.0 Å². The Morgan fingerprint density at radius 2 is 2.05 bits per heavy atom. The summed E-state index contributed by atoms with van der Waals surface area (Å²) in [6, 6.07) is 9.06. The molecule has 5 nitrogen and oxygen atoms in total. The summed E-state index contributed by atoms with van der Waals surface area (Å²) in [5, 5.41) is 15.4. The second kappa shape index (κ2) is 7.99. The van der Waals surface area contributed by atoms with E-state index in [2.05, 4.69) is 10.6 Å². The number of ether oxygens (including phenoxy) is 1. The maximum Gasteiger partial charge on any atom is 0.246 e. The molecule has 0 aromatic heterocycles. The molecule has 0 aliphatic carbocycles. The van der Waals surface area contributed by atoms with Crippen LogP contribution in [0.5, 0.6) is 0 Å². The van der Waals surface area contributed by atoms with Crippen LogP contribution >= 0.6 is 0 Å². The summed E-state index contributed by atoms with van der Waals surface area (Å²) in [4.78, 5) is 11.9. The zero-order chi connectivity index (χ0) is 14.2. The first-order valence-electron chi connectivity index (χ1n) is 7.07. The summed E-state index contributed by atoms with van der Waals surface area (Å²) < 4.78 is 5.59. The maximum absolute atomic E-state index is 11.9. The fourth-order valence-electron chi connectivity index (χ4n) is 2.31. The summed E-state index contributed by atoms with van der Waals surface area (Å²) in [6.07, 6.45) is 2.04. The van der Waals surface area contributed by atoms with Crippen LogP contribution < -0.4 is 10.6 Å². The van der Waals surface area contributed by atoms with Gasteiger partial charge in [-0.2, -0.15) is 0 Å². The van der Waals surface area contributed by atoms with Crippen molar-refractivity contribution in [1.82, 2.24) is 10.6 Å². The van der Waals surface area contributed by atoms with Crippen LogP contribution in [-0.4, -0.2) is 43.4 Å². The van der Waals surface area contributed by atoms with Gasteiger partial charge in [-0.3, -0.25) is 4.79 Å². The molecule has 1 fully saturated rings. The van der Waals surface area contributed by atoms with Crippen molar-refractivity contribution in [2.24, 2.45) is 0 Å². The van der Waals surface area contributed by atoms with E-state index in [1.165, 1.54) is 0 Å². The van der Waals surface area contributed by atoms with Crippen molar-refractivity contribution in [2.75, 3.05) is 26.3 Å². The fourth-order valence-corrected chi connectivity index (χ4v) is 2.31. The Hall–Kier alpha value is -1.43. The largest absolute Gasteiger partial charge is 0.394 e. The summed E-state index contributed by atoms with van der Waals surface area (Å²) in [5.74, 6) is -0.188. The molecule has 0 bridgehead atoms. The van der Waals surface area contributed by atoms with E-state index in [1.54, 1.807) is 0 Å². The van der Waals surface area contributed by atoms with Gasteiger partial charge in [0, 0.05) is 0 Å². The number of benzene rings is 1. The number of hydrogen-bond acceptors (Lipinski definition) is 4. The van der Waals surface area contributed by atoms with Crippen LogP contribution in [0.4, 0.5) is 0 Å². The Morgan fingerprint density at radius 1 is 1.35 bits per heavy atom. The molecule has 1 amide bonds. The first-order chi connectivity index (χ1) is 9.79. The van der Waals surface area contributed by atoms with Crippen molar-refractivity contribution in [1.29, 1.82) is 0 Å². The molecular weight excluding hydrogens is 256 g/mol. The molecule has 5 heteroatoms. The van der Waals surface area contributed by atoms with Gasteiger partial charge in [-0.25, -0.2) is 0 Å². The fraction of sp³-hybridized carbons (Fsp3) is 0.533. The number of aliphatic hydroxyl groups is 1. The molecule has 1 atom stereocenters. The van der Waals surface area contributed by atoms with Gasteiger partial charge in [-0.05, 0) is 31.5 Å². The predicted molar refractivity (Wildman–Crippen MR) is 76.3 cm³/mol. The number of amides is 1. The third-order valence-electron chi connectivity index (χ3n) is 3.46. The van der Waals surface area contributed by atoms with Gasteiger partial charge in [0.15, 0.2) is 0 Å². The van der Waals surface area contributed by atoms with Crippen LogP contribution in [-0.2, 0) is 9.53 Å². The highest BCUT2D eigenvalue weighted by Crippen LogP contribution is 2.12. The van der Waals surface area contributed by atoms with E-state index in [0.717, 1.165) is 31.5 Å². The lowest BCUT2D eigenvalue weighted by Gasteiger charge is -2.23. The summed E-state index contributed by atoms with van der Waals surface area (Å²) in [5.41, 5.74) is 0.894. The number of carbonyl (C=O) groups excluding carboxylic acids is 1. The molecule has 1 saturated heterocycles. The Kier molecular flexibility index (Phi) is 5.98. The molecule has 20 heavy (non-hydrogen) atoms. The average molecular weight is 278 g/mol. The van der Waals surface area contributed by atoms with E-state index in [-0.39, 0.29) is 31.3 Å². The van der Waals surface area contributed by atoms with Crippen LogP contribution in [0.25, 0.3) is 0 Å². The highest BCUT2D eigenvalue weighted by atomic mass is 16.5. The summed E-state index contributed by atoms with van der Waals surface area (Å²) in [6.45, 7) is 1.81. The highest BCUT2D eigenvalue weighted by molar-refractivity contribution is 5.77. The maximum atomic E-state index is 11.9. The van der Waals surface area contributed by atoms with E-state index >= 15 is 0 Å². The molecule has 1 aromatic carbocycles. The lowest BCUT2D eigenvalue weighted by Crippen LogP contribution is -2.37. The first-order valence-corrected chi connectivity index (χ1v) is 7.07. The molecule has 0 unspecified atom stereocenters. The van der Waals surface area contributed by atoms with Crippen LogP contribution in [0.2, 0.25) is 0 Å². The zero-order valence-corrected chi connectivity index (χ0v) is 11.5. The molecule has 2 rings (SSSR count). The van der Waals surface area contributed by atoms with Crippen LogP contribution in [0, 0.1) is 0 Å². The van der Waals surface area contributed by atoms with Crippen LogP contribution in [0.15, 0.2) is 30.3 Å². The van der Waals surface area contributed by atoms with Gasteiger partial charge in [-0.1, -0.05) is 30.3 Å². The van der Waals surface area contributed by atoms with Crippen LogP contribution in [0.3, 0.4) is 0 Å². The van der Waals surface area contributed by atoms with E-state index in [1.807, 2.05) is 30.3 Å². The molecule has 1 aromatic rings. The topological polar surface area (TPSA) is 70.6 Å². The van der Waals surface area contributed by atoms with Gasteiger partial charge < -0.3 is 20.5 Å². The first kappa shape index (κ1) is 15.0. The molecule has 110 valence electrons. The molecule has 0 saturated carbocycles. The van der Waals surface area contributed by atoms with Crippen molar-refractivity contribution < 1.29 is 14.6 Å². The highest BCUT2D eigenvalue weighted by Gasteiger charge is 2.17. The van der Waals surface area contributed by atoms with Crippen molar-refractivity contribution in [3.05, 3.63) is 35.9 Å². The third-order valence-corrected chi connectivity index (χ3v) is 3.46. The number of rotatable bonds is 6. The second-order valence-corrected chi connectivity index (χ2v) is 4.97. The Labute approximate surface area is 119 Å². The van der Waals surface area contributed by atoms with Crippen molar-refractivity contribution >= 4 is 5.91 Å².